The van der Waals surface area contributed by atoms with Crippen molar-refractivity contribution in [2.45, 2.75) is 6.42 Å². The molecule has 6 heteroatoms. The predicted octanol–water partition coefficient (Wildman–Crippen LogP) is 0.940. The number of benzene rings is 1. The van der Waals surface area contributed by atoms with E-state index in [0.29, 0.717) is 24.7 Å². The summed E-state index contributed by atoms with van der Waals surface area (Å²) in [6.07, 6.45) is 0.167. The summed E-state index contributed by atoms with van der Waals surface area (Å²) in [7, 11) is 4.68. The maximum Gasteiger partial charge on any atom is 0.248 e. The molecule has 0 fully saturated rings. The zero-order valence-electron chi connectivity index (χ0n) is 11.4. The van der Waals surface area contributed by atoms with Gasteiger partial charge in [-0.2, -0.15) is 0 Å². The third-order valence-electron chi connectivity index (χ3n) is 2.42. The molecule has 0 aliphatic rings. The fourth-order valence-corrected chi connectivity index (χ4v) is 1.46. The average molecular weight is 269 g/mol. The van der Waals surface area contributed by atoms with Crippen LogP contribution in [0.4, 0.5) is 0 Å². The van der Waals surface area contributed by atoms with Crippen LogP contribution in [-0.4, -0.2) is 40.5 Å². The lowest BCUT2D eigenvalue weighted by Gasteiger charge is -2.10. The number of nitrogens with one attached hydrogen (secondary N) is 1. The van der Waals surface area contributed by atoms with Crippen molar-refractivity contribution in [1.29, 1.82) is 0 Å². The van der Waals surface area contributed by atoms with Crippen molar-refractivity contribution in [3.8, 4) is 11.5 Å². The Balaban J connectivity index is 2.53. The second kappa shape index (κ2) is 8.34. The average Bonchev–Trinajstić information content (AvgIpc) is 2.44. The zero-order valence-corrected chi connectivity index (χ0v) is 11.4. The van der Waals surface area contributed by atoms with Gasteiger partial charge in [-0.1, -0.05) is 6.07 Å². The van der Waals surface area contributed by atoms with Crippen LogP contribution < -0.4 is 15.0 Å². The van der Waals surface area contributed by atoms with Crippen molar-refractivity contribution in [2.24, 2.45) is 0 Å². The van der Waals surface area contributed by atoms with Crippen molar-refractivity contribution in [3.63, 3.8) is 0 Å². The van der Waals surface area contributed by atoms with E-state index >= 15 is 0 Å². The van der Waals surface area contributed by atoms with E-state index in [4.69, 9.17) is 19.0 Å². The fraction of sp³-hybridized carbons (Fsp3) is 0.462. The first-order valence-electron chi connectivity index (χ1n) is 5.81. The number of hydroxylamine groups is 1. The summed E-state index contributed by atoms with van der Waals surface area (Å²) < 4.78 is 15.1. The van der Waals surface area contributed by atoms with Crippen molar-refractivity contribution < 1.29 is 23.8 Å². The lowest BCUT2D eigenvalue weighted by atomic mass is 10.1. The van der Waals surface area contributed by atoms with E-state index in [1.165, 1.54) is 0 Å². The highest BCUT2D eigenvalue weighted by Crippen LogP contribution is 2.24. The predicted molar refractivity (Wildman–Crippen MR) is 69.2 cm³/mol. The monoisotopic (exact) mass is 269 g/mol. The second-order valence-corrected chi connectivity index (χ2v) is 3.72. The Hall–Kier alpha value is -1.79. The van der Waals surface area contributed by atoms with Gasteiger partial charge in [0.05, 0.1) is 33.9 Å². The van der Waals surface area contributed by atoms with Crippen LogP contribution in [0.5, 0.6) is 11.5 Å². The van der Waals surface area contributed by atoms with Gasteiger partial charge in [0.25, 0.3) is 0 Å². The van der Waals surface area contributed by atoms with Crippen LogP contribution in [0.1, 0.15) is 5.56 Å². The highest BCUT2D eigenvalue weighted by Gasteiger charge is 2.10. The number of hydrogen-bond donors (Lipinski definition) is 1. The number of amides is 1. The van der Waals surface area contributed by atoms with E-state index in [-0.39, 0.29) is 12.3 Å². The Morgan fingerprint density at radius 2 is 1.95 bits per heavy atom. The third-order valence-corrected chi connectivity index (χ3v) is 2.42. The highest BCUT2D eigenvalue weighted by atomic mass is 16.7. The Morgan fingerprint density at radius 3 is 2.58 bits per heavy atom. The molecule has 0 heterocycles. The summed E-state index contributed by atoms with van der Waals surface area (Å²) >= 11 is 0. The molecule has 0 unspecified atom stereocenters. The molecule has 0 atom stereocenters. The van der Waals surface area contributed by atoms with Gasteiger partial charge < -0.3 is 14.2 Å². The molecule has 0 bridgehead atoms. The molecular formula is C13H19NO5. The minimum atomic E-state index is -0.250. The third kappa shape index (κ3) is 5.15. The van der Waals surface area contributed by atoms with Gasteiger partial charge in [-0.15, -0.1) is 0 Å². The summed E-state index contributed by atoms with van der Waals surface area (Å²) in [5, 5.41) is 0. The molecular weight excluding hydrogens is 250 g/mol. The molecule has 19 heavy (non-hydrogen) atoms. The lowest BCUT2D eigenvalue weighted by molar-refractivity contribution is -0.133. The van der Waals surface area contributed by atoms with Crippen LogP contribution >= 0.6 is 0 Å². The smallest absolute Gasteiger partial charge is 0.248 e. The van der Waals surface area contributed by atoms with Crippen molar-refractivity contribution in [1.82, 2.24) is 5.48 Å². The van der Waals surface area contributed by atoms with Gasteiger partial charge in [0.1, 0.15) is 11.5 Å². The van der Waals surface area contributed by atoms with Crippen LogP contribution in [-0.2, 0) is 20.8 Å². The molecule has 0 radical (unpaired) electrons. The van der Waals surface area contributed by atoms with E-state index in [2.05, 4.69) is 5.48 Å². The molecule has 6 nitrogen and oxygen atoms in total. The first-order chi connectivity index (χ1) is 9.21. The van der Waals surface area contributed by atoms with Gasteiger partial charge in [0, 0.05) is 18.7 Å². The number of rotatable bonds is 8. The number of ether oxygens (including phenoxy) is 3. The Bertz CT molecular complexity index is 408. The van der Waals surface area contributed by atoms with Gasteiger partial charge in [0.2, 0.25) is 5.91 Å². The molecule has 0 saturated carbocycles. The Kier molecular flexibility index (Phi) is 6.70. The maximum atomic E-state index is 11.6. The van der Waals surface area contributed by atoms with E-state index in [1.54, 1.807) is 39.5 Å². The van der Waals surface area contributed by atoms with Gasteiger partial charge >= 0.3 is 0 Å². The van der Waals surface area contributed by atoms with Crippen molar-refractivity contribution in [3.05, 3.63) is 23.8 Å². The SMILES string of the molecule is COCCONC(=O)Cc1ccc(OC)cc1OC. The molecule has 0 spiro atoms. The standard InChI is InChI=1S/C13H19NO5/c1-16-6-7-19-14-13(15)8-10-4-5-11(17-2)9-12(10)18-3/h4-5,9H,6-8H2,1-3H3,(H,14,15). The number of carbonyl (C=O) groups excluding carboxylic acids is 1. The number of hydrogen-bond acceptors (Lipinski definition) is 5. The molecule has 0 saturated heterocycles. The number of methoxy groups -OCH3 is 3. The molecule has 1 aromatic rings. The highest BCUT2D eigenvalue weighted by molar-refractivity contribution is 5.78. The molecule has 1 N–H and O–H groups in total. The topological polar surface area (TPSA) is 66.0 Å². The summed E-state index contributed by atoms with van der Waals surface area (Å²) in [4.78, 5) is 16.6. The minimum Gasteiger partial charge on any atom is -0.497 e. The molecule has 1 amide bonds. The molecule has 106 valence electrons. The largest absolute Gasteiger partial charge is 0.497 e. The second-order valence-electron chi connectivity index (χ2n) is 3.72. The molecule has 0 aliphatic carbocycles. The van der Waals surface area contributed by atoms with E-state index in [1.807, 2.05) is 0 Å². The van der Waals surface area contributed by atoms with Crippen LogP contribution in [0.3, 0.4) is 0 Å². The lowest BCUT2D eigenvalue weighted by Crippen LogP contribution is -2.27. The van der Waals surface area contributed by atoms with Gasteiger partial charge in [-0.3, -0.25) is 9.63 Å². The first kappa shape index (κ1) is 15.3. The Labute approximate surface area is 112 Å². The quantitative estimate of drug-likeness (QED) is 0.562. The van der Waals surface area contributed by atoms with Gasteiger partial charge in [0.15, 0.2) is 0 Å². The maximum absolute atomic E-state index is 11.6. The Morgan fingerprint density at radius 1 is 1.16 bits per heavy atom. The van der Waals surface area contributed by atoms with Crippen LogP contribution in [0, 0.1) is 0 Å². The number of carbonyl (C=O) groups is 1. The summed E-state index contributed by atoms with van der Waals surface area (Å²) in [6.45, 7) is 0.730. The van der Waals surface area contributed by atoms with E-state index in [0.717, 1.165) is 5.56 Å². The van der Waals surface area contributed by atoms with Crippen LogP contribution in [0.15, 0.2) is 18.2 Å². The minimum absolute atomic E-state index is 0.167. The fourth-order valence-electron chi connectivity index (χ4n) is 1.46. The van der Waals surface area contributed by atoms with Crippen molar-refractivity contribution in [2.75, 3.05) is 34.5 Å². The van der Waals surface area contributed by atoms with Gasteiger partial charge in [-0.25, -0.2) is 5.48 Å². The molecule has 1 rings (SSSR count). The summed E-state index contributed by atoms with van der Waals surface area (Å²) in [6, 6.07) is 5.29. The molecule has 0 aromatic heterocycles. The molecule has 0 aliphatic heterocycles. The zero-order chi connectivity index (χ0) is 14.1. The summed E-state index contributed by atoms with van der Waals surface area (Å²) in [5.74, 6) is 1.03. The van der Waals surface area contributed by atoms with E-state index < -0.39 is 0 Å². The first-order valence-corrected chi connectivity index (χ1v) is 5.81. The van der Waals surface area contributed by atoms with Crippen molar-refractivity contribution >= 4 is 5.91 Å². The molecule has 1 aromatic carbocycles. The van der Waals surface area contributed by atoms with Gasteiger partial charge in [-0.05, 0) is 6.07 Å². The normalized spacial score (nSPS) is 10.1. The summed E-state index contributed by atoms with van der Waals surface area (Å²) in [5.41, 5.74) is 3.10. The van der Waals surface area contributed by atoms with E-state index in [9.17, 15) is 4.79 Å². The van der Waals surface area contributed by atoms with Crippen LogP contribution in [0.2, 0.25) is 0 Å². The van der Waals surface area contributed by atoms with Crippen LogP contribution in [0.25, 0.3) is 0 Å².